The fraction of sp³-hybridized carbons (Fsp3) is 0.200. The Balaban J connectivity index is 1.48. The second-order valence-electron chi connectivity index (χ2n) is 7.81. The van der Waals surface area contributed by atoms with E-state index in [-0.39, 0.29) is 17.9 Å². The fourth-order valence-corrected chi connectivity index (χ4v) is 5.94. The van der Waals surface area contributed by atoms with E-state index in [0.29, 0.717) is 12.1 Å². The molecular formula is C25H23IN2O5S. The zero-order valence-corrected chi connectivity index (χ0v) is 21.2. The lowest BCUT2D eigenvalue weighted by atomic mass is 9.92. The zero-order valence-electron chi connectivity index (χ0n) is 18.2. The molecule has 7 nitrogen and oxygen atoms in total. The molecule has 1 heterocycles. The first kappa shape index (κ1) is 24.4. The van der Waals surface area contributed by atoms with Crippen molar-refractivity contribution in [3.63, 3.8) is 0 Å². The maximum Gasteiger partial charge on any atom is 0.308 e. The summed E-state index contributed by atoms with van der Waals surface area (Å²) < 4.78 is 34.4. The van der Waals surface area contributed by atoms with Crippen LogP contribution in [0.25, 0.3) is 0 Å². The molecule has 1 N–H and O–H groups in total. The molecule has 0 bridgehead atoms. The van der Waals surface area contributed by atoms with E-state index in [4.69, 9.17) is 4.74 Å². The van der Waals surface area contributed by atoms with Crippen LogP contribution in [0.15, 0.2) is 83.8 Å². The van der Waals surface area contributed by atoms with Gasteiger partial charge in [0, 0.05) is 15.8 Å². The average molecular weight is 590 g/mol. The number of ether oxygens (including phenoxy) is 1. The molecule has 3 aromatic rings. The molecule has 3 aromatic carbocycles. The number of sulfonamides is 1. The molecule has 1 atom stereocenters. The molecule has 1 amide bonds. The van der Waals surface area contributed by atoms with Crippen molar-refractivity contribution in [2.24, 2.45) is 0 Å². The highest BCUT2D eigenvalue weighted by Crippen LogP contribution is 2.36. The Morgan fingerprint density at radius 3 is 2.38 bits per heavy atom. The summed E-state index contributed by atoms with van der Waals surface area (Å²) in [4.78, 5) is 25.1. The molecule has 9 heteroatoms. The molecule has 0 spiro atoms. The minimum Gasteiger partial charge on any atom is -0.456 e. The molecule has 176 valence electrons. The Hall–Kier alpha value is -2.76. The van der Waals surface area contributed by atoms with Crippen molar-refractivity contribution in [2.45, 2.75) is 23.8 Å². The molecule has 0 saturated carbocycles. The number of esters is 1. The Bertz CT molecular complexity index is 1280. The van der Waals surface area contributed by atoms with E-state index in [1.165, 1.54) is 4.31 Å². The summed E-state index contributed by atoms with van der Waals surface area (Å²) in [5.41, 5.74) is 2.37. The van der Waals surface area contributed by atoms with E-state index in [1.807, 2.05) is 36.4 Å². The first-order valence-corrected chi connectivity index (χ1v) is 13.2. The predicted octanol–water partition coefficient (Wildman–Crippen LogP) is 4.15. The predicted molar refractivity (Wildman–Crippen MR) is 137 cm³/mol. The number of carbonyl (C=O) groups is 2. The van der Waals surface area contributed by atoms with Crippen LogP contribution in [-0.2, 0) is 30.8 Å². The standard InChI is InChI=1S/C25H23IN2O5S/c26-19-10-12-20(13-11-19)27-24(29)17-33-25(30)16-23-22-9-5-4-6-18(22)14-15-28(23)34(31,32)21-7-2-1-3-8-21/h1-13,23H,14-17H2,(H,27,29). The normalized spacial score (nSPS) is 15.9. The quantitative estimate of drug-likeness (QED) is 0.330. The number of amides is 1. The maximum atomic E-state index is 13.4. The molecular weight excluding hydrogens is 567 g/mol. The third kappa shape index (κ3) is 5.65. The van der Waals surface area contributed by atoms with Gasteiger partial charge in [0.1, 0.15) is 0 Å². The van der Waals surface area contributed by atoms with Gasteiger partial charge in [-0.05, 0) is 76.5 Å². The number of carbonyl (C=O) groups excluding carboxylic acids is 2. The number of anilines is 1. The molecule has 1 aliphatic heterocycles. The van der Waals surface area contributed by atoms with Crippen molar-refractivity contribution in [3.8, 4) is 0 Å². The Morgan fingerprint density at radius 2 is 1.65 bits per heavy atom. The highest BCUT2D eigenvalue weighted by molar-refractivity contribution is 14.1. The third-order valence-electron chi connectivity index (χ3n) is 5.57. The molecule has 1 aliphatic rings. The monoisotopic (exact) mass is 590 g/mol. The Morgan fingerprint density at radius 1 is 0.971 bits per heavy atom. The van der Waals surface area contributed by atoms with Gasteiger partial charge in [0.2, 0.25) is 10.0 Å². The number of nitrogens with zero attached hydrogens (tertiary/aromatic N) is 1. The summed E-state index contributed by atoms with van der Waals surface area (Å²) in [7, 11) is -3.83. The van der Waals surface area contributed by atoms with Gasteiger partial charge >= 0.3 is 5.97 Å². The van der Waals surface area contributed by atoms with Crippen LogP contribution in [0.3, 0.4) is 0 Å². The maximum absolute atomic E-state index is 13.4. The lowest BCUT2D eigenvalue weighted by Crippen LogP contribution is -2.41. The molecule has 0 fully saturated rings. The zero-order chi connectivity index (χ0) is 24.1. The van der Waals surface area contributed by atoms with Crippen LogP contribution in [0.2, 0.25) is 0 Å². The van der Waals surface area contributed by atoms with E-state index in [0.717, 1.165) is 14.7 Å². The molecule has 34 heavy (non-hydrogen) atoms. The van der Waals surface area contributed by atoms with Crippen LogP contribution in [0.1, 0.15) is 23.6 Å². The van der Waals surface area contributed by atoms with Crippen LogP contribution >= 0.6 is 22.6 Å². The van der Waals surface area contributed by atoms with Crippen molar-refractivity contribution in [1.82, 2.24) is 4.31 Å². The van der Waals surface area contributed by atoms with Crippen molar-refractivity contribution < 1.29 is 22.7 Å². The van der Waals surface area contributed by atoms with Gasteiger partial charge in [-0.3, -0.25) is 9.59 Å². The summed E-state index contributed by atoms with van der Waals surface area (Å²) in [6.07, 6.45) is 0.353. The van der Waals surface area contributed by atoms with E-state index >= 15 is 0 Å². The first-order chi connectivity index (χ1) is 16.3. The number of halogens is 1. The van der Waals surface area contributed by atoms with Gasteiger partial charge in [0.05, 0.1) is 17.4 Å². The van der Waals surface area contributed by atoms with Crippen molar-refractivity contribution >= 4 is 50.2 Å². The summed E-state index contributed by atoms with van der Waals surface area (Å²) in [6.45, 7) is -0.204. The largest absolute Gasteiger partial charge is 0.456 e. The summed E-state index contributed by atoms with van der Waals surface area (Å²) in [5.74, 6) is -1.11. The van der Waals surface area contributed by atoms with Gasteiger partial charge in [-0.25, -0.2) is 8.42 Å². The summed E-state index contributed by atoms with van der Waals surface area (Å²) in [5, 5.41) is 2.67. The minimum atomic E-state index is -3.83. The number of rotatable bonds is 7. The average Bonchev–Trinajstić information content (AvgIpc) is 2.85. The van der Waals surface area contributed by atoms with Crippen molar-refractivity contribution in [1.29, 1.82) is 0 Å². The van der Waals surface area contributed by atoms with Crippen LogP contribution in [-0.4, -0.2) is 37.8 Å². The van der Waals surface area contributed by atoms with Crippen molar-refractivity contribution in [3.05, 3.63) is 93.6 Å². The number of hydrogen-bond acceptors (Lipinski definition) is 5. The lowest BCUT2D eigenvalue weighted by molar-refractivity contribution is -0.148. The van der Waals surface area contributed by atoms with E-state index in [2.05, 4.69) is 27.9 Å². The highest BCUT2D eigenvalue weighted by atomic mass is 127. The molecule has 1 unspecified atom stereocenters. The second kappa shape index (κ2) is 10.7. The van der Waals surface area contributed by atoms with Gasteiger partial charge in [-0.15, -0.1) is 0 Å². The van der Waals surface area contributed by atoms with Crippen LogP contribution in [0.4, 0.5) is 5.69 Å². The molecule has 0 saturated heterocycles. The lowest BCUT2D eigenvalue weighted by Gasteiger charge is -2.36. The third-order valence-corrected chi connectivity index (χ3v) is 8.21. The van der Waals surface area contributed by atoms with Gasteiger partial charge in [-0.1, -0.05) is 42.5 Å². The molecule has 0 aliphatic carbocycles. The van der Waals surface area contributed by atoms with Gasteiger partial charge in [0.15, 0.2) is 6.61 Å². The van der Waals surface area contributed by atoms with E-state index in [9.17, 15) is 18.0 Å². The smallest absolute Gasteiger partial charge is 0.308 e. The highest BCUT2D eigenvalue weighted by Gasteiger charge is 2.37. The van der Waals surface area contributed by atoms with Crippen LogP contribution in [0, 0.1) is 3.57 Å². The van der Waals surface area contributed by atoms with Crippen LogP contribution < -0.4 is 5.32 Å². The van der Waals surface area contributed by atoms with Gasteiger partial charge in [-0.2, -0.15) is 4.31 Å². The topological polar surface area (TPSA) is 92.8 Å². The van der Waals surface area contributed by atoms with Gasteiger partial charge in [0.25, 0.3) is 5.91 Å². The van der Waals surface area contributed by atoms with E-state index in [1.54, 1.807) is 42.5 Å². The molecule has 0 radical (unpaired) electrons. The van der Waals surface area contributed by atoms with Gasteiger partial charge < -0.3 is 10.1 Å². The Kier molecular flexibility index (Phi) is 7.64. The molecule has 0 aromatic heterocycles. The molecule has 4 rings (SSSR count). The Labute approximate surface area is 212 Å². The minimum absolute atomic E-state index is 0.171. The fourth-order valence-electron chi connectivity index (χ4n) is 3.95. The number of fused-ring (bicyclic) bond motifs is 1. The summed E-state index contributed by atoms with van der Waals surface area (Å²) in [6, 6.07) is 22.2. The number of hydrogen-bond donors (Lipinski definition) is 1. The second-order valence-corrected chi connectivity index (χ2v) is 10.9. The first-order valence-electron chi connectivity index (χ1n) is 10.7. The number of benzene rings is 3. The van der Waals surface area contributed by atoms with Crippen molar-refractivity contribution in [2.75, 3.05) is 18.5 Å². The SMILES string of the molecule is O=C(COC(=O)CC1c2ccccc2CCN1S(=O)(=O)c1ccccc1)Nc1ccc(I)cc1. The van der Waals surface area contributed by atoms with E-state index < -0.39 is 34.5 Å². The summed E-state index contributed by atoms with van der Waals surface area (Å²) >= 11 is 2.16. The number of nitrogens with one attached hydrogen (secondary N) is 1. The van der Waals surface area contributed by atoms with Crippen LogP contribution in [0.5, 0.6) is 0 Å².